The van der Waals surface area contributed by atoms with Crippen LogP contribution in [0.1, 0.15) is 45.4 Å². The highest BCUT2D eigenvalue weighted by Crippen LogP contribution is 2.25. The summed E-state index contributed by atoms with van der Waals surface area (Å²) in [6, 6.07) is 3.72. The molecule has 6 heteroatoms. The molecule has 0 unspecified atom stereocenters. The maximum atomic E-state index is 12.5. The van der Waals surface area contributed by atoms with Crippen molar-refractivity contribution in [2.24, 2.45) is 11.8 Å². The second kappa shape index (κ2) is 8.23. The van der Waals surface area contributed by atoms with Gasteiger partial charge in [0.05, 0.1) is 0 Å². The lowest BCUT2D eigenvalue weighted by molar-refractivity contribution is -0.131. The van der Waals surface area contributed by atoms with Crippen LogP contribution in [-0.2, 0) is 11.2 Å². The normalized spacial score (nSPS) is 18.4. The molecule has 1 saturated heterocycles. The molecule has 1 fully saturated rings. The van der Waals surface area contributed by atoms with Crippen LogP contribution in [0.15, 0.2) is 29.0 Å². The van der Waals surface area contributed by atoms with Crippen molar-refractivity contribution < 1.29 is 9.32 Å². The fourth-order valence-corrected chi connectivity index (χ4v) is 3.38. The number of hydrogen-bond donors (Lipinski definition) is 0. The van der Waals surface area contributed by atoms with Gasteiger partial charge in [0, 0.05) is 43.9 Å². The smallest absolute Gasteiger partial charge is 0.227 e. The maximum absolute atomic E-state index is 12.5. The van der Waals surface area contributed by atoms with Gasteiger partial charge in [0.1, 0.15) is 0 Å². The average molecular weight is 342 g/mol. The van der Waals surface area contributed by atoms with E-state index in [1.165, 1.54) is 6.42 Å². The van der Waals surface area contributed by atoms with E-state index >= 15 is 0 Å². The van der Waals surface area contributed by atoms with Gasteiger partial charge in [0.2, 0.25) is 17.6 Å². The maximum Gasteiger partial charge on any atom is 0.227 e. The third-order valence-corrected chi connectivity index (χ3v) is 5.01. The van der Waals surface area contributed by atoms with E-state index in [0.29, 0.717) is 30.5 Å². The first-order valence-corrected chi connectivity index (χ1v) is 9.14. The second-order valence-corrected chi connectivity index (χ2v) is 7.07. The van der Waals surface area contributed by atoms with Gasteiger partial charge >= 0.3 is 0 Å². The summed E-state index contributed by atoms with van der Waals surface area (Å²) in [7, 11) is 0. The predicted molar refractivity (Wildman–Crippen MR) is 94.6 cm³/mol. The zero-order valence-corrected chi connectivity index (χ0v) is 15.0. The number of nitrogens with zero attached hydrogens (tertiary/aromatic N) is 4. The van der Waals surface area contributed by atoms with Crippen molar-refractivity contribution in [3.63, 3.8) is 0 Å². The summed E-state index contributed by atoms with van der Waals surface area (Å²) in [5.74, 6) is 2.63. The largest absolute Gasteiger partial charge is 0.343 e. The fraction of sp³-hybridized carbons (Fsp3) is 0.579. The molecule has 3 heterocycles. The topological polar surface area (TPSA) is 72.1 Å². The molecule has 0 radical (unpaired) electrons. The summed E-state index contributed by atoms with van der Waals surface area (Å²) in [5.41, 5.74) is 0.816. The Hall–Kier alpha value is -2.24. The summed E-state index contributed by atoms with van der Waals surface area (Å²) >= 11 is 0. The molecular formula is C19H26N4O2. The highest BCUT2D eigenvalue weighted by molar-refractivity contribution is 5.76. The minimum atomic E-state index is 0.186. The second-order valence-electron chi connectivity index (χ2n) is 7.07. The number of likely N-dealkylation sites (tertiary alicyclic amines) is 1. The van der Waals surface area contributed by atoms with Gasteiger partial charge in [-0.2, -0.15) is 4.98 Å². The van der Waals surface area contributed by atoms with E-state index in [0.717, 1.165) is 37.4 Å². The monoisotopic (exact) mass is 342 g/mol. The highest BCUT2D eigenvalue weighted by atomic mass is 16.5. The molecule has 1 amide bonds. The third kappa shape index (κ3) is 4.65. The van der Waals surface area contributed by atoms with Gasteiger partial charge < -0.3 is 9.42 Å². The Morgan fingerprint density at radius 3 is 3.00 bits per heavy atom. The molecule has 25 heavy (non-hydrogen) atoms. The van der Waals surface area contributed by atoms with E-state index in [1.54, 1.807) is 12.4 Å². The minimum Gasteiger partial charge on any atom is -0.343 e. The van der Waals surface area contributed by atoms with Crippen molar-refractivity contribution in [3.8, 4) is 11.4 Å². The molecule has 6 nitrogen and oxygen atoms in total. The van der Waals surface area contributed by atoms with Crippen LogP contribution >= 0.6 is 0 Å². The highest BCUT2D eigenvalue weighted by Gasteiger charge is 2.22. The van der Waals surface area contributed by atoms with Gasteiger partial charge in [-0.15, -0.1) is 0 Å². The van der Waals surface area contributed by atoms with Crippen LogP contribution < -0.4 is 0 Å². The number of carbonyl (C=O) groups is 1. The van der Waals surface area contributed by atoms with Gasteiger partial charge in [-0.1, -0.05) is 19.0 Å². The Kier molecular flexibility index (Phi) is 5.79. The molecule has 2 aromatic heterocycles. The number of carbonyl (C=O) groups excluding carboxylic acids is 1. The van der Waals surface area contributed by atoms with Gasteiger partial charge in [-0.3, -0.25) is 9.78 Å². The third-order valence-electron chi connectivity index (χ3n) is 5.01. The zero-order valence-electron chi connectivity index (χ0n) is 15.0. The minimum absolute atomic E-state index is 0.186. The fourth-order valence-electron chi connectivity index (χ4n) is 3.38. The van der Waals surface area contributed by atoms with Crippen LogP contribution in [0.5, 0.6) is 0 Å². The molecule has 1 aliphatic heterocycles. The van der Waals surface area contributed by atoms with E-state index in [4.69, 9.17) is 4.52 Å². The standard InChI is InChI=1S/C19H26N4O2/c1-14(2)15-6-4-11-23(12-9-15)18(24)8-7-17-21-19(22-25-17)16-5-3-10-20-13-16/h3,5,10,13-15H,4,6-9,11-12H2,1-2H3/t15-/m1/s1. The molecule has 0 spiro atoms. The molecule has 0 N–H and O–H groups in total. The Bertz CT molecular complexity index is 684. The Labute approximate surface area is 148 Å². The van der Waals surface area contributed by atoms with Crippen LogP contribution in [0.3, 0.4) is 0 Å². The van der Waals surface area contributed by atoms with Crippen molar-refractivity contribution in [2.45, 2.75) is 46.0 Å². The lowest BCUT2D eigenvalue weighted by Gasteiger charge is -2.21. The molecule has 0 aliphatic carbocycles. The van der Waals surface area contributed by atoms with Crippen LogP contribution in [0.2, 0.25) is 0 Å². The summed E-state index contributed by atoms with van der Waals surface area (Å²) < 4.78 is 5.27. The number of pyridine rings is 1. The Morgan fingerprint density at radius 2 is 2.24 bits per heavy atom. The van der Waals surface area contributed by atoms with Crippen molar-refractivity contribution in [3.05, 3.63) is 30.4 Å². The van der Waals surface area contributed by atoms with Gasteiger partial charge in [0.25, 0.3) is 0 Å². The SMILES string of the molecule is CC(C)[C@@H]1CCCN(C(=O)CCc2nc(-c3cccnc3)no2)CC1. The Balaban J connectivity index is 1.52. The average Bonchev–Trinajstić information content (AvgIpc) is 2.95. The van der Waals surface area contributed by atoms with Crippen LogP contribution in [0.25, 0.3) is 11.4 Å². The van der Waals surface area contributed by atoms with Gasteiger partial charge in [-0.25, -0.2) is 0 Å². The predicted octanol–water partition coefficient (Wildman–Crippen LogP) is 3.35. The first kappa shape index (κ1) is 17.6. The quantitative estimate of drug-likeness (QED) is 0.833. The van der Waals surface area contributed by atoms with Crippen LogP contribution in [0, 0.1) is 11.8 Å². The number of hydrogen-bond acceptors (Lipinski definition) is 5. The Morgan fingerprint density at radius 1 is 1.36 bits per heavy atom. The number of aryl methyl sites for hydroxylation is 1. The number of aromatic nitrogens is 3. The summed E-state index contributed by atoms with van der Waals surface area (Å²) in [6.07, 6.45) is 7.72. The molecule has 0 saturated carbocycles. The molecule has 2 aromatic rings. The summed E-state index contributed by atoms with van der Waals surface area (Å²) in [4.78, 5) is 22.9. The zero-order chi connectivity index (χ0) is 17.6. The summed E-state index contributed by atoms with van der Waals surface area (Å²) in [5, 5.41) is 3.97. The molecule has 1 aliphatic rings. The summed E-state index contributed by atoms with van der Waals surface area (Å²) in [6.45, 7) is 6.29. The van der Waals surface area contributed by atoms with Crippen LogP contribution in [-0.4, -0.2) is 39.0 Å². The van der Waals surface area contributed by atoms with Crippen molar-refractivity contribution in [1.29, 1.82) is 0 Å². The van der Waals surface area contributed by atoms with Gasteiger partial charge in [0.15, 0.2) is 0 Å². The van der Waals surface area contributed by atoms with E-state index in [2.05, 4.69) is 29.0 Å². The number of amides is 1. The molecule has 3 rings (SSSR count). The lowest BCUT2D eigenvalue weighted by atomic mass is 9.89. The lowest BCUT2D eigenvalue weighted by Crippen LogP contribution is -2.32. The van der Waals surface area contributed by atoms with Crippen molar-refractivity contribution >= 4 is 5.91 Å². The van der Waals surface area contributed by atoms with E-state index in [9.17, 15) is 4.79 Å². The molecule has 134 valence electrons. The van der Waals surface area contributed by atoms with E-state index in [1.807, 2.05) is 17.0 Å². The first-order valence-electron chi connectivity index (χ1n) is 9.14. The number of rotatable bonds is 5. The molecule has 1 atom stereocenters. The molecule has 0 bridgehead atoms. The first-order chi connectivity index (χ1) is 12.1. The van der Waals surface area contributed by atoms with Crippen molar-refractivity contribution in [1.82, 2.24) is 20.0 Å². The molecular weight excluding hydrogens is 316 g/mol. The molecule has 0 aromatic carbocycles. The van der Waals surface area contributed by atoms with Crippen molar-refractivity contribution in [2.75, 3.05) is 13.1 Å². The van der Waals surface area contributed by atoms with Crippen LogP contribution in [0.4, 0.5) is 0 Å². The van der Waals surface area contributed by atoms with Gasteiger partial charge in [-0.05, 0) is 43.2 Å². The van der Waals surface area contributed by atoms with E-state index in [-0.39, 0.29) is 5.91 Å². The van der Waals surface area contributed by atoms with E-state index < -0.39 is 0 Å².